The summed E-state index contributed by atoms with van der Waals surface area (Å²) in [6.07, 6.45) is 0.754. The van der Waals surface area contributed by atoms with Crippen LogP contribution in [0.4, 0.5) is 11.4 Å². The first-order valence-corrected chi connectivity index (χ1v) is 7.23. The van der Waals surface area contributed by atoms with Crippen molar-refractivity contribution in [1.82, 2.24) is 0 Å². The summed E-state index contributed by atoms with van der Waals surface area (Å²) in [6, 6.07) is 11.8. The van der Waals surface area contributed by atoms with Gasteiger partial charge in [-0.1, -0.05) is 48.3 Å². The van der Waals surface area contributed by atoms with Crippen LogP contribution in [0.15, 0.2) is 42.5 Å². The Morgan fingerprint density at radius 1 is 1.24 bits per heavy atom. The van der Waals surface area contributed by atoms with E-state index in [0.717, 1.165) is 12.0 Å². The normalized spacial score (nSPS) is 12.0. The summed E-state index contributed by atoms with van der Waals surface area (Å²) >= 11 is 12.2. The smallest absolute Gasteiger partial charge is 0.269 e. The first-order valence-electron chi connectivity index (χ1n) is 6.47. The van der Waals surface area contributed by atoms with Crippen LogP contribution < -0.4 is 5.32 Å². The highest BCUT2D eigenvalue weighted by Gasteiger charge is 2.15. The topological polar surface area (TPSA) is 55.2 Å². The minimum absolute atomic E-state index is 0.0740. The Morgan fingerprint density at radius 2 is 1.95 bits per heavy atom. The van der Waals surface area contributed by atoms with Crippen molar-refractivity contribution in [3.8, 4) is 0 Å². The Hall–Kier alpha value is -1.78. The van der Waals surface area contributed by atoms with E-state index in [0.29, 0.717) is 15.7 Å². The molecule has 0 heterocycles. The molecule has 2 rings (SSSR count). The van der Waals surface area contributed by atoms with Crippen molar-refractivity contribution in [3.63, 3.8) is 0 Å². The molecule has 4 nitrogen and oxygen atoms in total. The SMILES string of the molecule is CCC(Nc1cccc(Cl)c1Cl)c1cccc([N+](=O)[O-])c1. The highest BCUT2D eigenvalue weighted by molar-refractivity contribution is 6.43. The molecule has 110 valence electrons. The molecule has 1 N–H and O–H groups in total. The fourth-order valence-corrected chi connectivity index (χ4v) is 2.43. The molecule has 0 saturated heterocycles. The quantitative estimate of drug-likeness (QED) is 0.586. The number of rotatable bonds is 5. The molecule has 1 unspecified atom stereocenters. The van der Waals surface area contributed by atoms with Gasteiger partial charge in [-0.3, -0.25) is 10.1 Å². The van der Waals surface area contributed by atoms with Crippen molar-refractivity contribution in [2.75, 3.05) is 5.32 Å². The maximum absolute atomic E-state index is 10.9. The maximum atomic E-state index is 10.9. The van der Waals surface area contributed by atoms with Gasteiger partial charge >= 0.3 is 0 Å². The average Bonchev–Trinajstić information content (AvgIpc) is 2.49. The lowest BCUT2D eigenvalue weighted by Crippen LogP contribution is -2.10. The molecule has 6 heteroatoms. The van der Waals surface area contributed by atoms with Gasteiger partial charge in [-0.05, 0) is 24.1 Å². The summed E-state index contributed by atoms with van der Waals surface area (Å²) in [5.74, 6) is 0. The molecule has 0 bridgehead atoms. The number of anilines is 1. The van der Waals surface area contributed by atoms with Crippen LogP contribution in [0.2, 0.25) is 10.0 Å². The number of hydrogen-bond acceptors (Lipinski definition) is 3. The van der Waals surface area contributed by atoms with Gasteiger partial charge in [0, 0.05) is 12.1 Å². The van der Waals surface area contributed by atoms with E-state index in [4.69, 9.17) is 23.2 Å². The summed E-state index contributed by atoms with van der Waals surface area (Å²) in [5, 5.41) is 15.1. The lowest BCUT2D eigenvalue weighted by molar-refractivity contribution is -0.384. The van der Waals surface area contributed by atoms with Crippen LogP contribution in [0, 0.1) is 10.1 Å². The highest BCUT2D eigenvalue weighted by Crippen LogP contribution is 2.33. The minimum Gasteiger partial charge on any atom is -0.377 e. The Bertz CT molecular complexity index is 662. The zero-order valence-electron chi connectivity index (χ0n) is 11.3. The van der Waals surface area contributed by atoms with Crippen molar-refractivity contribution >= 4 is 34.6 Å². The fourth-order valence-electron chi connectivity index (χ4n) is 2.08. The second-order valence-corrected chi connectivity index (χ2v) is 5.34. The van der Waals surface area contributed by atoms with Gasteiger partial charge in [0.2, 0.25) is 0 Å². The molecule has 0 aromatic heterocycles. The van der Waals surface area contributed by atoms with Crippen LogP contribution in [0.5, 0.6) is 0 Å². The molecule has 0 fully saturated rings. The number of nitro groups is 1. The van der Waals surface area contributed by atoms with Crippen LogP contribution in [0.25, 0.3) is 0 Å². The zero-order valence-corrected chi connectivity index (χ0v) is 12.9. The number of hydrogen-bond donors (Lipinski definition) is 1. The number of nitrogens with zero attached hydrogens (tertiary/aromatic N) is 1. The minimum atomic E-state index is -0.400. The van der Waals surface area contributed by atoms with E-state index in [9.17, 15) is 10.1 Å². The molecule has 0 radical (unpaired) electrons. The molecule has 2 aromatic carbocycles. The van der Waals surface area contributed by atoms with Crippen molar-refractivity contribution in [1.29, 1.82) is 0 Å². The molecule has 0 spiro atoms. The number of halogens is 2. The van der Waals surface area contributed by atoms with Crippen molar-refractivity contribution in [2.24, 2.45) is 0 Å². The Labute approximate surface area is 132 Å². The van der Waals surface area contributed by atoms with Crippen LogP contribution in [0.3, 0.4) is 0 Å². The van der Waals surface area contributed by atoms with Gasteiger partial charge in [-0.2, -0.15) is 0 Å². The van der Waals surface area contributed by atoms with Gasteiger partial charge < -0.3 is 5.32 Å². The van der Waals surface area contributed by atoms with Crippen LogP contribution >= 0.6 is 23.2 Å². The third-order valence-corrected chi connectivity index (χ3v) is 3.99. The fraction of sp³-hybridized carbons (Fsp3) is 0.200. The summed E-state index contributed by atoms with van der Waals surface area (Å²) in [7, 11) is 0. The summed E-state index contributed by atoms with van der Waals surface area (Å²) in [6.45, 7) is 1.99. The molecule has 2 aromatic rings. The molecular formula is C15H14Cl2N2O2. The second kappa shape index (κ2) is 6.78. The Balaban J connectivity index is 2.30. The maximum Gasteiger partial charge on any atom is 0.269 e. The second-order valence-electron chi connectivity index (χ2n) is 4.56. The van der Waals surface area contributed by atoms with E-state index in [-0.39, 0.29) is 11.7 Å². The van der Waals surface area contributed by atoms with E-state index in [2.05, 4.69) is 5.32 Å². The third-order valence-electron chi connectivity index (χ3n) is 3.17. The van der Waals surface area contributed by atoms with E-state index in [1.165, 1.54) is 6.07 Å². The Kier molecular flexibility index (Phi) is 5.04. The molecule has 0 amide bonds. The van der Waals surface area contributed by atoms with E-state index < -0.39 is 4.92 Å². The monoisotopic (exact) mass is 324 g/mol. The number of non-ortho nitro benzene ring substituents is 1. The number of benzene rings is 2. The predicted molar refractivity (Wildman–Crippen MR) is 86.2 cm³/mol. The highest BCUT2D eigenvalue weighted by atomic mass is 35.5. The molecule has 0 aliphatic carbocycles. The van der Waals surface area contributed by atoms with Crippen molar-refractivity contribution in [3.05, 3.63) is 68.2 Å². The first kappa shape index (κ1) is 15.6. The molecule has 0 aliphatic rings. The molecule has 0 aliphatic heterocycles. The van der Waals surface area contributed by atoms with Gasteiger partial charge in [-0.25, -0.2) is 0 Å². The van der Waals surface area contributed by atoms with Crippen LogP contribution in [-0.4, -0.2) is 4.92 Å². The molecular weight excluding hydrogens is 311 g/mol. The van der Waals surface area contributed by atoms with Gasteiger partial charge in [0.1, 0.15) is 0 Å². The van der Waals surface area contributed by atoms with Crippen LogP contribution in [0.1, 0.15) is 24.9 Å². The summed E-state index contributed by atoms with van der Waals surface area (Å²) < 4.78 is 0. The number of nitro benzene ring substituents is 1. The summed E-state index contributed by atoms with van der Waals surface area (Å²) in [5.41, 5.74) is 1.62. The standard InChI is InChI=1S/C15H14Cl2N2O2/c1-2-13(10-5-3-6-11(9-10)19(20)21)18-14-8-4-7-12(16)15(14)17/h3-9,13,18H,2H2,1H3. The Morgan fingerprint density at radius 3 is 2.62 bits per heavy atom. The van der Waals surface area contributed by atoms with E-state index >= 15 is 0 Å². The molecule has 0 saturated carbocycles. The average molecular weight is 325 g/mol. The first-order chi connectivity index (χ1) is 10.0. The largest absolute Gasteiger partial charge is 0.377 e. The molecule has 1 atom stereocenters. The van der Waals surface area contributed by atoms with E-state index in [1.54, 1.807) is 24.3 Å². The lowest BCUT2D eigenvalue weighted by Gasteiger charge is -2.19. The molecule has 21 heavy (non-hydrogen) atoms. The third kappa shape index (κ3) is 3.65. The number of nitrogens with one attached hydrogen (secondary N) is 1. The zero-order chi connectivity index (χ0) is 15.4. The van der Waals surface area contributed by atoms with E-state index in [1.807, 2.05) is 19.1 Å². The lowest BCUT2D eigenvalue weighted by atomic mass is 10.0. The van der Waals surface area contributed by atoms with Gasteiger partial charge in [0.25, 0.3) is 5.69 Å². The summed E-state index contributed by atoms with van der Waals surface area (Å²) in [4.78, 5) is 10.5. The predicted octanol–water partition coefficient (Wildman–Crippen LogP) is 5.46. The van der Waals surface area contributed by atoms with Gasteiger partial charge in [-0.15, -0.1) is 0 Å². The van der Waals surface area contributed by atoms with Crippen molar-refractivity contribution in [2.45, 2.75) is 19.4 Å². The van der Waals surface area contributed by atoms with Crippen LogP contribution in [-0.2, 0) is 0 Å². The van der Waals surface area contributed by atoms with Gasteiger partial charge in [0.05, 0.1) is 26.7 Å². The van der Waals surface area contributed by atoms with Gasteiger partial charge in [0.15, 0.2) is 0 Å². The van der Waals surface area contributed by atoms with Crippen molar-refractivity contribution < 1.29 is 4.92 Å².